The Morgan fingerprint density at radius 3 is 2.31 bits per heavy atom. The molecule has 3 heterocycles. The number of fused-ring (bicyclic) bond motifs is 5. The lowest BCUT2D eigenvalue weighted by Gasteiger charge is -2.22. The minimum absolute atomic E-state index is 0.135. The van der Waals surface area contributed by atoms with Gasteiger partial charge in [0, 0.05) is 68.4 Å². The first kappa shape index (κ1) is 41.6. The minimum Gasteiger partial charge on any atom is -0.493 e. The van der Waals surface area contributed by atoms with Gasteiger partial charge in [-0.05, 0) is 91.2 Å². The van der Waals surface area contributed by atoms with E-state index < -0.39 is 0 Å². The van der Waals surface area contributed by atoms with Crippen LogP contribution in [0.1, 0.15) is 61.4 Å². The van der Waals surface area contributed by atoms with E-state index in [-0.39, 0.29) is 43.5 Å². The first-order valence-corrected chi connectivity index (χ1v) is 20.5. The lowest BCUT2D eigenvalue weighted by atomic mass is 10.1. The van der Waals surface area contributed by atoms with E-state index in [0.717, 1.165) is 51.3 Å². The number of amides is 2. The summed E-state index contributed by atoms with van der Waals surface area (Å²) in [6.45, 7) is 7.24. The van der Waals surface area contributed by atoms with E-state index in [0.29, 0.717) is 71.4 Å². The number of benzene rings is 5. The van der Waals surface area contributed by atoms with Gasteiger partial charge in [-0.25, -0.2) is 0 Å². The number of anilines is 3. The molecule has 0 aromatic heterocycles. The summed E-state index contributed by atoms with van der Waals surface area (Å²) in [5, 5.41) is 0. The molecule has 62 heavy (non-hydrogen) atoms. The molecule has 5 aromatic carbocycles. The summed E-state index contributed by atoms with van der Waals surface area (Å²) in [6, 6.07) is 26.6. The van der Waals surface area contributed by atoms with Crippen molar-refractivity contribution in [3.05, 3.63) is 124 Å². The SMILES string of the molecule is C=Nc1cc(OCc2cc(COc3cc4c(cc3OC)C(=O)N3c5ccc(C)cc5C[C@H]3C=N4)cc(N(C)CCCC(=O)OC)c2)c(OC)cc1C(=O)N1CCc2ccccc21. The molecule has 5 aromatic rings. The Bertz CT molecular complexity index is 2610. The van der Waals surface area contributed by atoms with Crippen molar-refractivity contribution in [3.63, 3.8) is 0 Å². The molecule has 0 radical (unpaired) electrons. The molecule has 0 unspecified atom stereocenters. The van der Waals surface area contributed by atoms with Gasteiger partial charge in [-0.3, -0.25) is 29.3 Å². The quantitative estimate of drug-likeness (QED) is 0.0754. The summed E-state index contributed by atoms with van der Waals surface area (Å²) >= 11 is 0. The van der Waals surface area contributed by atoms with Gasteiger partial charge < -0.3 is 33.5 Å². The Morgan fingerprint density at radius 2 is 1.58 bits per heavy atom. The van der Waals surface area contributed by atoms with Crippen LogP contribution in [-0.4, -0.2) is 78.2 Å². The lowest BCUT2D eigenvalue weighted by molar-refractivity contribution is -0.140. The van der Waals surface area contributed by atoms with Crippen LogP contribution in [0.5, 0.6) is 23.0 Å². The molecule has 0 fully saturated rings. The summed E-state index contributed by atoms with van der Waals surface area (Å²) in [5.74, 6) is 1.01. The van der Waals surface area contributed by atoms with Crippen molar-refractivity contribution < 1.29 is 38.1 Å². The molecule has 13 nitrogen and oxygen atoms in total. The van der Waals surface area contributed by atoms with Crippen LogP contribution < -0.4 is 33.6 Å². The largest absolute Gasteiger partial charge is 0.493 e. The van der Waals surface area contributed by atoms with Crippen LogP contribution in [0.3, 0.4) is 0 Å². The predicted molar refractivity (Wildman–Crippen MR) is 240 cm³/mol. The van der Waals surface area contributed by atoms with Gasteiger partial charge in [-0.15, -0.1) is 0 Å². The molecular weight excluding hydrogens is 787 g/mol. The molecule has 3 aliphatic heterocycles. The van der Waals surface area contributed by atoms with Crippen molar-refractivity contribution >= 4 is 59.2 Å². The summed E-state index contributed by atoms with van der Waals surface area (Å²) in [4.78, 5) is 54.4. The zero-order chi connectivity index (χ0) is 43.5. The van der Waals surface area contributed by atoms with E-state index in [9.17, 15) is 14.4 Å². The van der Waals surface area contributed by atoms with Crippen LogP contribution >= 0.6 is 0 Å². The van der Waals surface area contributed by atoms with Crippen molar-refractivity contribution in [2.45, 2.75) is 51.9 Å². The van der Waals surface area contributed by atoms with Gasteiger partial charge in [0.2, 0.25) is 0 Å². The molecule has 318 valence electrons. The first-order valence-electron chi connectivity index (χ1n) is 20.5. The molecule has 2 amide bonds. The number of para-hydroxylation sites is 1. The van der Waals surface area contributed by atoms with Gasteiger partial charge in [-0.2, -0.15) is 0 Å². The van der Waals surface area contributed by atoms with E-state index >= 15 is 0 Å². The van der Waals surface area contributed by atoms with Crippen LogP contribution in [0.4, 0.5) is 28.4 Å². The number of hydrogen-bond donors (Lipinski definition) is 0. The number of ether oxygens (including phenoxy) is 5. The first-order chi connectivity index (χ1) is 30.1. The fourth-order valence-corrected chi connectivity index (χ4v) is 8.35. The maximum atomic E-state index is 14.0. The third-order valence-corrected chi connectivity index (χ3v) is 11.6. The summed E-state index contributed by atoms with van der Waals surface area (Å²) < 4.78 is 29.2. The fraction of sp³-hybridized carbons (Fsp3) is 0.286. The Balaban J connectivity index is 1.04. The van der Waals surface area contributed by atoms with Crippen molar-refractivity contribution in [2.75, 3.05) is 56.2 Å². The second-order valence-corrected chi connectivity index (χ2v) is 15.6. The molecule has 0 N–H and O–H groups in total. The van der Waals surface area contributed by atoms with Gasteiger partial charge in [-0.1, -0.05) is 35.9 Å². The number of aliphatic imine (C=N–C) groups is 2. The van der Waals surface area contributed by atoms with Crippen molar-refractivity contribution in [1.82, 2.24) is 0 Å². The number of esters is 1. The maximum Gasteiger partial charge on any atom is 0.305 e. The van der Waals surface area contributed by atoms with Gasteiger partial charge in [0.1, 0.15) is 13.2 Å². The van der Waals surface area contributed by atoms with Crippen LogP contribution in [0.15, 0.2) is 94.9 Å². The standard InChI is InChI=1S/C49H49N5O8/c1-30-13-14-42-34(18-30)22-36-27-51-40-26-46(44(59-5)24-38(40)49(57)54(36)42)62-29-32-19-31(20-35(21-32)52(3)16-9-12-47(55)60-6)28-61-45-25-39(50-2)37(23-43(45)58-4)48(56)53-17-15-33-10-7-8-11-41(33)53/h7-8,10-11,13-14,18-21,23-27,36H,2,9,12,15-17,22,28-29H2,1,3-6H3/t36-/m0/s1. The highest BCUT2D eigenvalue weighted by molar-refractivity contribution is 6.15. The molecule has 0 saturated carbocycles. The highest BCUT2D eigenvalue weighted by Crippen LogP contribution is 2.42. The third kappa shape index (κ3) is 8.30. The zero-order valence-corrected chi connectivity index (χ0v) is 35.6. The molecular formula is C49H49N5O8. The zero-order valence-electron chi connectivity index (χ0n) is 35.6. The maximum absolute atomic E-state index is 14.0. The van der Waals surface area contributed by atoms with Crippen LogP contribution in [0.25, 0.3) is 0 Å². The summed E-state index contributed by atoms with van der Waals surface area (Å²) in [7, 11) is 6.42. The van der Waals surface area contributed by atoms with Crippen LogP contribution in [0, 0.1) is 6.92 Å². The van der Waals surface area contributed by atoms with E-state index in [1.54, 1.807) is 36.3 Å². The van der Waals surface area contributed by atoms with Crippen LogP contribution in [-0.2, 0) is 35.6 Å². The number of carbonyl (C=O) groups excluding carboxylic acids is 3. The highest BCUT2D eigenvalue weighted by Gasteiger charge is 2.37. The molecule has 0 spiro atoms. The topological polar surface area (TPSA) is 132 Å². The number of rotatable bonds is 15. The van der Waals surface area contributed by atoms with Crippen LogP contribution in [0.2, 0.25) is 0 Å². The van der Waals surface area contributed by atoms with Crippen molar-refractivity contribution in [3.8, 4) is 23.0 Å². The third-order valence-electron chi connectivity index (χ3n) is 11.6. The van der Waals surface area contributed by atoms with E-state index in [2.05, 4.69) is 22.7 Å². The van der Waals surface area contributed by atoms with E-state index in [4.69, 9.17) is 28.7 Å². The second-order valence-electron chi connectivity index (χ2n) is 15.6. The molecule has 8 rings (SSSR count). The number of nitrogens with zero attached hydrogens (tertiary/aromatic N) is 5. The predicted octanol–water partition coefficient (Wildman–Crippen LogP) is 8.38. The normalized spacial score (nSPS) is 14.6. The molecule has 0 aliphatic carbocycles. The monoisotopic (exact) mass is 835 g/mol. The Kier molecular flexibility index (Phi) is 12.0. The number of aryl methyl sites for hydroxylation is 1. The highest BCUT2D eigenvalue weighted by atomic mass is 16.5. The number of methoxy groups -OCH3 is 3. The summed E-state index contributed by atoms with van der Waals surface area (Å²) in [5.41, 5.74) is 9.37. The minimum atomic E-state index is -0.268. The summed E-state index contributed by atoms with van der Waals surface area (Å²) in [6.07, 6.45) is 4.18. The smallest absolute Gasteiger partial charge is 0.305 e. The van der Waals surface area contributed by atoms with Gasteiger partial charge in [0.05, 0.1) is 49.9 Å². The molecule has 0 saturated heterocycles. The number of hydrogen-bond acceptors (Lipinski definition) is 11. The molecule has 3 aliphatic rings. The molecule has 1 atom stereocenters. The van der Waals surface area contributed by atoms with Crippen molar-refractivity contribution in [1.29, 1.82) is 0 Å². The van der Waals surface area contributed by atoms with Gasteiger partial charge >= 0.3 is 5.97 Å². The number of carbonyl (C=O) groups is 3. The van der Waals surface area contributed by atoms with E-state index in [1.807, 2.05) is 79.7 Å². The Morgan fingerprint density at radius 1 is 0.855 bits per heavy atom. The average molecular weight is 836 g/mol. The van der Waals surface area contributed by atoms with Gasteiger partial charge in [0.25, 0.3) is 11.8 Å². The lowest BCUT2D eigenvalue weighted by Crippen LogP contribution is -2.37. The Hall–Kier alpha value is -7.15. The fourth-order valence-electron chi connectivity index (χ4n) is 8.35. The molecule has 13 heteroatoms. The Labute approximate surface area is 361 Å². The van der Waals surface area contributed by atoms with Crippen molar-refractivity contribution in [2.24, 2.45) is 9.98 Å². The average Bonchev–Trinajstić information content (AvgIpc) is 3.86. The van der Waals surface area contributed by atoms with E-state index in [1.165, 1.54) is 14.2 Å². The second kappa shape index (κ2) is 17.8. The van der Waals surface area contributed by atoms with Gasteiger partial charge in [0.15, 0.2) is 23.0 Å². The molecule has 0 bridgehead atoms.